The third-order valence-corrected chi connectivity index (χ3v) is 3.52. The van der Waals surface area contributed by atoms with E-state index in [2.05, 4.69) is 23.0 Å². The topological polar surface area (TPSA) is 44.3 Å². The number of fused-ring (bicyclic) bond motifs is 3. The fraction of sp³-hybridized carbons (Fsp3) is 0.600. The van der Waals surface area contributed by atoms with Crippen LogP contribution in [0.15, 0.2) is 24.0 Å². The van der Waals surface area contributed by atoms with Crippen LogP contribution < -0.4 is 10.9 Å². The standard InChI is InChI=1S/C10H14N2O/c13-10-4-9-8(5-11-12-9)6-2-1-3-7(6)10/h1,3-4,6-9,11-13H,2,5H2. The first-order chi connectivity index (χ1) is 6.36. The summed E-state index contributed by atoms with van der Waals surface area (Å²) in [4.78, 5) is 0. The molecule has 3 aliphatic rings. The number of aliphatic hydroxyl groups excluding tert-OH is 1. The molecule has 1 heterocycles. The van der Waals surface area contributed by atoms with Crippen molar-refractivity contribution in [1.29, 1.82) is 0 Å². The summed E-state index contributed by atoms with van der Waals surface area (Å²) in [7, 11) is 0. The van der Waals surface area contributed by atoms with Gasteiger partial charge in [-0.25, -0.2) is 0 Å². The van der Waals surface area contributed by atoms with Crippen molar-refractivity contribution in [1.82, 2.24) is 10.9 Å². The lowest BCUT2D eigenvalue weighted by Crippen LogP contribution is -2.37. The summed E-state index contributed by atoms with van der Waals surface area (Å²) >= 11 is 0. The zero-order valence-corrected chi connectivity index (χ0v) is 7.40. The van der Waals surface area contributed by atoms with Crippen LogP contribution in [0.5, 0.6) is 0 Å². The lowest BCUT2D eigenvalue weighted by molar-refractivity contribution is 0.218. The Labute approximate surface area is 77.5 Å². The third-order valence-electron chi connectivity index (χ3n) is 3.52. The highest BCUT2D eigenvalue weighted by molar-refractivity contribution is 5.23. The molecule has 3 heteroatoms. The number of rotatable bonds is 0. The molecule has 0 aromatic carbocycles. The summed E-state index contributed by atoms with van der Waals surface area (Å²) in [5.74, 6) is 2.10. The molecule has 0 radical (unpaired) electrons. The Kier molecular flexibility index (Phi) is 1.51. The van der Waals surface area contributed by atoms with Gasteiger partial charge in [0.1, 0.15) is 0 Å². The Morgan fingerprint density at radius 3 is 3.23 bits per heavy atom. The van der Waals surface area contributed by atoms with E-state index in [1.165, 1.54) is 0 Å². The maximum atomic E-state index is 9.77. The van der Waals surface area contributed by atoms with Crippen LogP contribution in [0, 0.1) is 17.8 Å². The van der Waals surface area contributed by atoms with E-state index < -0.39 is 0 Å². The van der Waals surface area contributed by atoms with Crippen molar-refractivity contribution in [3.8, 4) is 0 Å². The molecule has 0 amide bonds. The largest absolute Gasteiger partial charge is 0.512 e. The summed E-state index contributed by atoms with van der Waals surface area (Å²) in [6.45, 7) is 1.03. The number of hydrazine groups is 1. The summed E-state index contributed by atoms with van der Waals surface area (Å²) in [5, 5.41) is 9.77. The number of aliphatic hydroxyl groups is 1. The van der Waals surface area contributed by atoms with Crippen molar-refractivity contribution in [3.05, 3.63) is 24.0 Å². The van der Waals surface area contributed by atoms with Crippen molar-refractivity contribution in [2.45, 2.75) is 12.5 Å². The highest BCUT2D eigenvalue weighted by atomic mass is 16.3. The second-order valence-corrected chi connectivity index (χ2v) is 4.16. The average molecular weight is 178 g/mol. The molecule has 0 spiro atoms. The molecule has 0 saturated carbocycles. The predicted molar refractivity (Wildman–Crippen MR) is 49.9 cm³/mol. The molecule has 0 bridgehead atoms. The Morgan fingerprint density at radius 1 is 1.38 bits per heavy atom. The Morgan fingerprint density at radius 2 is 2.31 bits per heavy atom. The summed E-state index contributed by atoms with van der Waals surface area (Å²) in [5.41, 5.74) is 6.35. The molecule has 0 aromatic rings. The van der Waals surface area contributed by atoms with Crippen molar-refractivity contribution < 1.29 is 5.11 Å². The lowest BCUT2D eigenvalue weighted by atomic mass is 9.75. The first-order valence-electron chi connectivity index (χ1n) is 4.92. The maximum Gasteiger partial charge on any atom is 0.0970 e. The van der Waals surface area contributed by atoms with Crippen molar-refractivity contribution in [3.63, 3.8) is 0 Å². The van der Waals surface area contributed by atoms with Crippen LogP contribution in [0.3, 0.4) is 0 Å². The average Bonchev–Trinajstić information content (AvgIpc) is 2.66. The molecule has 2 aliphatic carbocycles. The van der Waals surface area contributed by atoms with Gasteiger partial charge in [-0.2, -0.15) is 0 Å². The van der Waals surface area contributed by atoms with E-state index in [1.807, 2.05) is 6.08 Å². The number of allylic oxidation sites excluding steroid dienone is 2. The van der Waals surface area contributed by atoms with Gasteiger partial charge >= 0.3 is 0 Å². The minimum atomic E-state index is 0.294. The van der Waals surface area contributed by atoms with Gasteiger partial charge in [-0.05, 0) is 24.3 Å². The lowest BCUT2D eigenvalue weighted by Gasteiger charge is -2.32. The van der Waals surface area contributed by atoms with Crippen molar-refractivity contribution in [2.75, 3.05) is 6.54 Å². The van der Waals surface area contributed by atoms with E-state index in [1.54, 1.807) is 0 Å². The van der Waals surface area contributed by atoms with Crippen LogP contribution in [0.1, 0.15) is 6.42 Å². The zero-order chi connectivity index (χ0) is 8.84. The van der Waals surface area contributed by atoms with E-state index in [0.29, 0.717) is 29.6 Å². The highest BCUT2D eigenvalue weighted by Crippen LogP contribution is 2.41. The number of hydrogen-bond acceptors (Lipinski definition) is 3. The second kappa shape index (κ2) is 2.59. The molecule has 4 unspecified atom stereocenters. The highest BCUT2D eigenvalue weighted by Gasteiger charge is 2.42. The van der Waals surface area contributed by atoms with Crippen LogP contribution in [0.2, 0.25) is 0 Å². The quantitative estimate of drug-likeness (QED) is 0.479. The molecular formula is C10H14N2O. The van der Waals surface area contributed by atoms with E-state index in [0.717, 1.165) is 13.0 Å². The van der Waals surface area contributed by atoms with Crippen LogP contribution in [0.4, 0.5) is 0 Å². The zero-order valence-electron chi connectivity index (χ0n) is 7.40. The Balaban J connectivity index is 1.97. The SMILES string of the molecule is OC1=CC2NNCC2C2CC=CC12. The van der Waals surface area contributed by atoms with Crippen molar-refractivity contribution >= 4 is 0 Å². The van der Waals surface area contributed by atoms with Crippen molar-refractivity contribution in [2.24, 2.45) is 17.8 Å². The molecule has 0 aromatic heterocycles. The van der Waals surface area contributed by atoms with Crippen LogP contribution in [-0.4, -0.2) is 17.7 Å². The molecule has 70 valence electrons. The Bertz CT molecular complexity index is 285. The van der Waals surface area contributed by atoms with Crippen LogP contribution in [-0.2, 0) is 0 Å². The fourth-order valence-corrected chi connectivity index (χ4v) is 2.84. The predicted octanol–water partition coefficient (Wildman–Crippen LogP) is 0.727. The minimum Gasteiger partial charge on any atom is -0.512 e. The van der Waals surface area contributed by atoms with Gasteiger partial charge in [-0.1, -0.05) is 12.2 Å². The molecule has 3 N–H and O–H groups in total. The third kappa shape index (κ3) is 0.974. The molecule has 4 atom stereocenters. The van der Waals surface area contributed by atoms with E-state index in [4.69, 9.17) is 0 Å². The molecule has 1 saturated heterocycles. The van der Waals surface area contributed by atoms with Gasteiger partial charge in [0.2, 0.25) is 0 Å². The molecule has 3 nitrogen and oxygen atoms in total. The summed E-state index contributed by atoms with van der Waals surface area (Å²) in [6.07, 6.45) is 7.42. The normalized spacial score (nSPS) is 47.2. The molecule has 13 heavy (non-hydrogen) atoms. The van der Waals surface area contributed by atoms with E-state index >= 15 is 0 Å². The van der Waals surface area contributed by atoms with Gasteiger partial charge < -0.3 is 5.11 Å². The van der Waals surface area contributed by atoms with Gasteiger partial charge in [-0.3, -0.25) is 10.9 Å². The van der Waals surface area contributed by atoms with E-state index in [9.17, 15) is 5.11 Å². The minimum absolute atomic E-state index is 0.294. The first kappa shape index (κ1) is 7.59. The fourth-order valence-electron chi connectivity index (χ4n) is 2.84. The smallest absolute Gasteiger partial charge is 0.0970 e. The van der Waals surface area contributed by atoms with Gasteiger partial charge in [0.15, 0.2) is 0 Å². The van der Waals surface area contributed by atoms with Crippen LogP contribution in [0.25, 0.3) is 0 Å². The second-order valence-electron chi connectivity index (χ2n) is 4.16. The monoisotopic (exact) mass is 178 g/mol. The molecule has 1 fully saturated rings. The number of hydrogen-bond donors (Lipinski definition) is 3. The summed E-state index contributed by atoms with van der Waals surface area (Å²) < 4.78 is 0. The Hall–Kier alpha value is -0.800. The molecule has 3 rings (SSSR count). The van der Waals surface area contributed by atoms with Gasteiger partial charge in [-0.15, -0.1) is 0 Å². The van der Waals surface area contributed by atoms with Gasteiger partial charge in [0.25, 0.3) is 0 Å². The summed E-state index contributed by atoms with van der Waals surface area (Å²) in [6, 6.07) is 0.334. The molecule has 1 aliphatic heterocycles. The maximum absolute atomic E-state index is 9.77. The van der Waals surface area contributed by atoms with Gasteiger partial charge in [0, 0.05) is 18.5 Å². The van der Waals surface area contributed by atoms with E-state index in [-0.39, 0.29) is 0 Å². The first-order valence-corrected chi connectivity index (χ1v) is 4.92. The van der Waals surface area contributed by atoms with Crippen LogP contribution >= 0.6 is 0 Å². The molecular weight excluding hydrogens is 164 g/mol. The van der Waals surface area contributed by atoms with Gasteiger partial charge in [0.05, 0.1) is 5.76 Å². The number of nitrogens with one attached hydrogen (secondary N) is 2.